The number of nitro groups is 1. The smallest absolute Gasteiger partial charge is 0.258 e. The average Bonchev–Trinajstić information content (AvgIpc) is 2.16. The minimum atomic E-state index is -2.90. The number of halogens is 4. The Kier molecular flexibility index (Phi) is 4.32. The number of aromatic nitrogens is 1. The first-order valence-corrected chi connectivity index (χ1v) is 5.84. The molecule has 1 aromatic rings. The topological polar surface area (TPSA) is 56.0 Å². The molecule has 82 valence electrons. The van der Waals surface area contributed by atoms with E-state index in [1.54, 1.807) is 22.6 Å². The van der Waals surface area contributed by atoms with Crippen LogP contribution in [0.4, 0.5) is 14.5 Å². The molecular weight excluding hydrogens is 389 g/mol. The van der Waals surface area contributed by atoms with E-state index < -0.39 is 22.6 Å². The zero-order chi connectivity index (χ0) is 11.6. The molecular formula is C7H4BrF2IN2O2. The number of rotatable bonds is 3. The van der Waals surface area contributed by atoms with E-state index in [4.69, 9.17) is 0 Å². The molecule has 1 aromatic heterocycles. The van der Waals surface area contributed by atoms with Gasteiger partial charge in [-0.05, 0) is 22.6 Å². The first-order valence-electron chi connectivity index (χ1n) is 3.64. The van der Waals surface area contributed by atoms with Crippen molar-refractivity contribution in [2.24, 2.45) is 0 Å². The SMILES string of the molecule is O=[N+]([O-])c1c(CBr)cnc(I)c1C(F)F. The Labute approximate surface area is 105 Å². The van der Waals surface area contributed by atoms with Gasteiger partial charge in [0, 0.05) is 11.5 Å². The second kappa shape index (κ2) is 5.10. The maximum absolute atomic E-state index is 12.6. The summed E-state index contributed by atoms with van der Waals surface area (Å²) in [4.78, 5) is 13.6. The fourth-order valence-electron chi connectivity index (χ4n) is 1.04. The lowest BCUT2D eigenvalue weighted by atomic mass is 10.2. The Morgan fingerprint density at radius 1 is 1.67 bits per heavy atom. The third-order valence-electron chi connectivity index (χ3n) is 1.66. The van der Waals surface area contributed by atoms with Gasteiger partial charge in [-0.15, -0.1) is 0 Å². The number of nitrogens with zero attached hydrogens (tertiary/aromatic N) is 2. The molecule has 0 saturated heterocycles. The standard InChI is InChI=1S/C7H4BrF2IN2O2/c8-1-3-2-12-7(11)4(6(9)10)5(3)13(14)15/h2,6H,1H2. The van der Waals surface area contributed by atoms with Crippen LogP contribution in [0.2, 0.25) is 0 Å². The van der Waals surface area contributed by atoms with Gasteiger partial charge in [-0.25, -0.2) is 13.8 Å². The molecule has 1 heterocycles. The summed E-state index contributed by atoms with van der Waals surface area (Å²) < 4.78 is 25.2. The minimum absolute atomic E-state index is 0.0426. The predicted molar refractivity (Wildman–Crippen MR) is 61.2 cm³/mol. The molecule has 0 aromatic carbocycles. The molecule has 0 atom stereocenters. The predicted octanol–water partition coefficient (Wildman–Crippen LogP) is 3.43. The van der Waals surface area contributed by atoms with Crippen LogP contribution in [-0.2, 0) is 5.33 Å². The number of hydrogen-bond donors (Lipinski definition) is 0. The second-order valence-corrected chi connectivity index (χ2v) is 4.11. The molecule has 4 nitrogen and oxygen atoms in total. The van der Waals surface area contributed by atoms with Crippen molar-refractivity contribution in [1.82, 2.24) is 4.98 Å². The minimum Gasteiger partial charge on any atom is -0.258 e. The molecule has 1 rings (SSSR count). The van der Waals surface area contributed by atoms with Crippen molar-refractivity contribution < 1.29 is 13.7 Å². The van der Waals surface area contributed by atoms with Gasteiger partial charge in [0.05, 0.1) is 10.5 Å². The van der Waals surface area contributed by atoms with E-state index in [1.807, 2.05) is 0 Å². The molecule has 0 spiro atoms. The van der Waals surface area contributed by atoms with Crippen LogP contribution in [0.5, 0.6) is 0 Å². The first kappa shape index (κ1) is 12.7. The quantitative estimate of drug-likeness (QED) is 0.260. The van der Waals surface area contributed by atoms with Crippen molar-refractivity contribution in [3.63, 3.8) is 0 Å². The van der Waals surface area contributed by atoms with Crippen LogP contribution >= 0.6 is 38.5 Å². The van der Waals surface area contributed by atoms with Gasteiger partial charge in [-0.1, -0.05) is 15.9 Å². The fraction of sp³-hybridized carbons (Fsp3) is 0.286. The number of pyridine rings is 1. The summed E-state index contributed by atoms with van der Waals surface area (Å²) in [7, 11) is 0. The van der Waals surface area contributed by atoms with Crippen LogP contribution in [0.15, 0.2) is 6.20 Å². The van der Waals surface area contributed by atoms with Crippen molar-refractivity contribution in [2.75, 3.05) is 0 Å². The van der Waals surface area contributed by atoms with Crippen molar-refractivity contribution >= 4 is 44.2 Å². The fourth-order valence-corrected chi connectivity index (χ4v) is 2.08. The van der Waals surface area contributed by atoms with Gasteiger partial charge in [0.15, 0.2) is 0 Å². The van der Waals surface area contributed by atoms with Crippen molar-refractivity contribution in [1.29, 1.82) is 0 Å². The second-order valence-electron chi connectivity index (χ2n) is 2.53. The molecule has 0 aliphatic rings. The van der Waals surface area contributed by atoms with Gasteiger partial charge >= 0.3 is 0 Å². The first-order chi connectivity index (χ1) is 6.99. The highest BCUT2D eigenvalue weighted by molar-refractivity contribution is 14.1. The molecule has 8 heteroatoms. The van der Waals surface area contributed by atoms with Crippen LogP contribution in [-0.4, -0.2) is 9.91 Å². The summed E-state index contributed by atoms with van der Waals surface area (Å²) in [5, 5.41) is 10.8. The average molecular weight is 393 g/mol. The van der Waals surface area contributed by atoms with Crippen molar-refractivity contribution in [3.05, 3.63) is 31.1 Å². The highest BCUT2D eigenvalue weighted by atomic mass is 127. The van der Waals surface area contributed by atoms with Crippen LogP contribution in [0.1, 0.15) is 17.6 Å². The molecule has 0 fully saturated rings. The Balaban J connectivity index is 3.51. The van der Waals surface area contributed by atoms with Crippen LogP contribution in [0.3, 0.4) is 0 Å². The Hall–Kier alpha value is -0.380. The molecule has 0 unspecified atom stereocenters. The molecule has 0 saturated carbocycles. The Morgan fingerprint density at radius 2 is 2.27 bits per heavy atom. The summed E-state index contributed by atoms with van der Waals surface area (Å²) in [5.41, 5.74) is -1.02. The van der Waals surface area contributed by atoms with Gasteiger partial charge in [0.1, 0.15) is 9.26 Å². The summed E-state index contributed by atoms with van der Waals surface area (Å²) in [5.74, 6) is 0. The van der Waals surface area contributed by atoms with Gasteiger partial charge in [0.25, 0.3) is 12.1 Å². The van der Waals surface area contributed by atoms with E-state index in [0.717, 1.165) is 0 Å². The molecule has 0 bridgehead atoms. The summed E-state index contributed by atoms with van der Waals surface area (Å²) in [6.45, 7) is 0. The maximum Gasteiger partial charge on any atom is 0.286 e. The maximum atomic E-state index is 12.6. The number of hydrogen-bond acceptors (Lipinski definition) is 3. The lowest BCUT2D eigenvalue weighted by molar-refractivity contribution is -0.387. The normalized spacial score (nSPS) is 10.7. The molecule has 0 N–H and O–H groups in total. The molecule has 15 heavy (non-hydrogen) atoms. The van der Waals surface area contributed by atoms with E-state index in [0.29, 0.717) is 0 Å². The summed E-state index contributed by atoms with van der Waals surface area (Å²) in [6.07, 6.45) is -1.68. The lowest BCUT2D eigenvalue weighted by Gasteiger charge is -2.06. The van der Waals surface area contributed by atoms with Gasteiger partial charge in [-0.2, -0.15) is 0 Å². The summed E-state index contributed by atoms with van der Waals surface area (Å²) >= 11 is 4.55. The molecule has 0 aliphatic carbocycles. The number of alkyl halides is 3. The monoisotopic (exact) mass is 392 g/mol. The zero-order valence-electron chi connectivity index (χ0n) is 7.08. The largest absolute Gasteiger partial charge is 0.286 e. The Bertz CT molecular complexity index is 403. The molecule has 0 aliphatic heterocycles. The van der Waals surface area contributed by atoms with E-state index >= 15 is 0 Å². The van der Waals surface area contributed by atoms with E-state index in [9.17, 15) is 18.9 Å². The third-order valence-corrected chi connectivity index (χ3v) is 3.12. The molecule has 0 radical (unpaired) electrons. The van der Waals surface area contributed by atoms with E-state index in [-0.39, 0.29) is 14.6 Å². The zero-order valence-corrected chi connectivity index (χ0v) is 10.8. The summed E-state index contributed by atoms with van der Waals surface area (Å²) in [6, 6.07) is 0. The molecule has 0 amide bonds. The van der Waals surface area contributed by atoms with Gasteiger partial charge in [-0.3, -0.25) is 10.1 Å². The van der Waals surface area contributed by atoms with Gasteiger partial charge in [0.2, 0.25) is 0 Å². The lowest BCUT2D eigenvalue weighted by Crippen LogP contribution is -2.04. The van der Waals surface area contributed by atoms with Crippen molar-refractivity contribution in [2.45, 2.75) is 11.8 Å². The van der Waals surface area contributed by atoms with E-state index in [2.05, 4.69) is 20.9 Å². The highest BCUT2D eigenvalue weighted by Crippen LogP contribution is 2.35. The van der Waals surface area contributed by atoms with Crippen LogP contribution in [0, 0.1) is 13.8 Å². The van der Waals surface area contributed by atoms with Crippen molar-refractivity contribution in [3.8, 4) is 0 Å². The van der Waals surface area contributed by atoms with Crippen LogP contribution in [0.25, 0.3) is 0 Å². The van der Waals surface area contributed by atoms with Gasteiger partial charge < -0.3 is 0 Å². The van der Waals surface area contributed by atoms with Crippen LogP contribution < -0.4 is 0 Å². The van der Waals surface area contributed by atoms with E-state index in [1.165, 1.54) is 6.20 Å². The highest BCUT2D eigenvalue weighted by Gasteiger charge is 2.28. The third kappa shape index (κ3) is 2.60. The Morgan fingerprint density at radius 3 is 2.67 bits per heavy atom.